The van der Waals surface area contributed by atoms with Gasteiger partial charge >= 0.3 is 17.8 Å². The summed E-state index contributed by atoms with van der Waals surface area (Å²) in [5, 5.41) is 15.1. The van der Waals surface area contributed by atoms with Crippen LogP contribution in [0.5, 0.6) is 11.5 Å². The van der Waals surface area contributed by atoms with Crippen LogP contribution in [0.25, 0.3) is 0 Å². The summed E-state index contributed by atoms with van der Waals surface area (Å²) in [5.74, 6) is -2.29. The van der Waals surface area contributed by atoms with Crippen molar-refractivity contribution in [2.24, 2.45) is 5.10 Å². The Labute approximate surface area is 154 Å². The van der Waals surface area contributed by atoms with Gasteiger partial charge in [0.2, 0.25) is 0 Å². The van der Waals surface area contributed by atoms with E-state index in [4.69, 9.17) is 14.6 Å². The van der Waals surface area contributed by atoms with Gasteiger partial charge in [0, 0.05) is 11.6 Å². The highest BCUT2D eigenvalue weighted by Crippen LogP contribution is 2.28. The van der Waals surface area contributed by atoms with Gasteiger partial charge in [0.25, 0.3) is 0 Å². The molecule has 0 fully saturated rings. The van der Waals surface area contributed by atoms with E-state index >= 15 is 0 Å². The Balaban J connectivity index is 2.03. The number of carbonyl (C=O) groups excluding carboxylic acids is 2. The molecule has 0 aromatic heterocycles. The molecule has 0 aliphatic carbocycles. The largest absolute Gasteiger partial charge is 0.497 e. The van der Waals surface area contributed by atoms with E-state index in [2.05, 4.69) is 10.4 Å². The molecule has 0 spiro atoms. The average molecular weight is 371 g/mol. The number of carboxylic acid groups (broad SMARTS) is 1. The summed E-state index contributed by atoms with van der Waals surface area (Å²) in [5.41, 5.74) is 2.61. The zero-order valence-electron chi connectivity index (χ0n) is 14.6. The predicted octanol–water partition coefficient (Wildman–Crippen LogP) is 1.49. The molecule has 2 rings (SSSR count). The highest BCUT2D eigenvalue weighted by Gasteiger charge is 2.16. The number of hydrogen-bond acceptors (Lipinski definition) is 6. The normalized spacial score (nSPS) is 10.3. The number of carbonyl (C=O) groups is 3. The second-order valence-electron chi connectivity index (χ2n) is 5.11. The fourth-order valence-electron chi connectivity index (χ4n) is 2.10. The van der Waals surface area contributed by atoms with Crippen LogP contribution in [-0.2, 0) is 9.59 Å². The molecule has 0 unspecified atom stereocenters. The van der Waals surface area contributed by atoms with Crippen LogP contribution in [-0.4, -0.2) is 43.3 Å². The van der Waals surface area contributed by atoms with Gasteiger partial charge in [-0.2, -0.15) is 5.10 Å². The van der Waals surface area contributed by atoms with Gasteiger partial charge in [-0.1, -0.05) is 18.2 Å². The number of carboxylic acids is 1. The monoisotopic (exact) mass is 371 g/mol. The molecule has 0 radical (unpaired) electrons. The molecule has 2 amide bonds. The Morgan fingerprint density at radius 3 is 2.44 bits per heavy atom. The van der Waals surface area contributed by atoms with E-state index in [0.29, 0.717) is 11.5 Å². The van der Waals surface area contributed by atoms with E-state index in [1.54, 1.807) is 24.3 Å². The lowest BCUT2D eigenvalue weighted by Gasteiger charge is -2.10. The quantitative estimate of drug-likeness (QED) is 0.401. The van der Waals surface area contributed by atoms with E-state index in [0.717, 1.165) is 6.21 Å². The third kappa shape index (κ3) is 5.05. The number of rotatable bonds is 6. The van der Waals surface area contributed by atoms with Crippen LogP contribution >= 0.6 is 0 Å². The lowest BCUT2D eigenvalue weighted by atomic mass is 10.1. The molecule has 0 saturated heterocycles. The molecule has 0 heterocycles. The van der Waals surface area contributed by atoms with Gasteiger partial charge in [-0.15, -0.1) is 0 Å². The minimum Gasteiger partial charge on any atom is -0.497 e. The molecule has 2 aromatic carbocycles. The molecule has 2 aromatic rings. The van der Waals surface area contributed by atoms with Crippen LogP contribution in [0.4, 0.5) is 5.69 Å². The van der Waals surface area contributed by atoms with Crippen molar-refractivity contribution in [2.75, 3.05) is 19.5 Å². The first-order chi connectivity index (χ1) is 13.0. The van der Waals surface area contributed by atoms with E-state index in [1.807, 2.05) is 5.43 Å². The van der Waals surface area contributed by atoms with Crippen molar-refractivity contribution >= 4 is 29.7 Å². The van der Waals surface area contributed by atoms with Crippen molar-refractivity contribution in [3.63, 3.8) is 0 Å². The lowest BCUT2D eigenvalue weighted by Crippen LogP contribution is -2.32. The maximum Gasteiger partial charge on any atom is 0.336 e. The van der Waals surface area contributed by atoms with Crippen LogP contribution in [0.3, 0.4) is 0 Å². The van der Waals surface area contributed by atoms with E-state index < -0.39 is 17.8 Å². The number of nitrogens with zero attached hydrogens (tertiary/aromatic N) is 1. The molecule has 0 bridgehead atoms. The summed E-state index contributed by atoms with van der Waals surface area (Å²) in [6.45, 7) is 0. The Morgan fingerprint density at radius 1 is 1.04 bits per heavy atom. The predicted molar refractivity (Wildman–Crippen MR) is 97.3 cm³/mol. The molecule has 27 heavy (non-hydrogen) atoms. The van der Waals surface area contributed by atoms with Crippen molar-refractivity contribution in [1.82, 2.24) is 5.43 Å². The molecule has 0 saturated carbocycles. The Hall–Kier alpha value is -3.88. The second-order valence-corrected chi connectivity index (χ2v) is 5.11. The number of amides is 2. The fourth-order valence-corrected chi connectivity index (χ4v) is 2.10. The van der Waals surface area contributed by atoms with E-state index in [-0.39, 0.29) is 16.8 Å². The number of anilines is 1. The van der Waals surface area contributed by atoms with Gasteiger partial charge in [-0.25, -0.2) is 10.2 Å². The maximum atomic E-state index is 12.0. The second kappa shape index (κ2) is 8.99. The van der Waals surface area contributed by atoms with Gasteiger partial charge in [-0.3, -0.25) is 9.59 Å². The lowest BCUT2D eigenvalue weighted by molar-refractivity contribution is -0.136. The number of nitrogens with one attached hydrogen (secondary N) is 2. The summed E-state index contributed by atoms with van der Waals surface area (Å²) in [4.78, 5) is 34.9. The molecular formula is C18H17N3O6. The van der Waals surface area contributed by atoms with Gasteiger partial charge in [0.1, 0.15) is 11.5 Å². The Bertz CT molecular complexity index is 894. The van der Waals surface area contributed by atoms with Crippen LogP contribution in [0, 0.1) is 0 Å². The SMILES string of the molecule is COc1ccc(NC(=O)C(=O)N/N=C\c2ccccc2C(=O)O)c(OC)c1. The van der Waals surface area contributed by atoms with Crippen molar-refractivity contribution in [1.29, 1.82) is 0 Å². The number of hydrazone groups is 1. The molecule has 9 heteroatoms. The smallest absolute Gasteiger partial charge is 0.336 e. The molecular weight excluding hydrogens is 354 g/mol. The minimum atomic E-state index is -1.13. The molecule has 9 nitrogen and oxygen atoms in total. The molecule has 0 atom stereocenters. The first-order valence-corrected chi connectivity index (χ1v) is 7.65. The fraction of sp³-hybridized carbons (Fsp3) is 0.111. The number of benzene rings is 2. The summed E-state index contributed by atoms with van der Waals surface area (Å²) in [6.07, 6.45) is 1.14. The number of ether oxygens (including phenoxy) is 2. The van der Waals surface area contributed by atoms with Crippen molar-refractivity contribution < 1.29 is 29.0 Å². The zero-order chi connectivity index (χ0) is 19.8. The summed E-state index contributed by atoms with van der Waals surface area (Å²) in [6, 6.07) is 10.8. The van der Waals surface area contributed by atoms with Gasteiger partial charge < -0.3 is 19.9 Å². The third-order valence-corrected chi connectivity index (χ3v) is 3.42. The summed E-state index contributed by atoms with van der Waals surface area (Å²) in [7, 11) is 2.90. The number of methoxy groups -OCH3 is 2. The topological polar surface area (TPSA) is 126 Å². The first-order valence-electron chi connectivity index (χ1n) is 7.65. The van der Waals surface area contributed by atoms with Crippen LogP contribution in [0.2, 0.25) is 0 Å². The third-order valence-electron chi connectivity index (χ3n) is 3.42. The number of hydrogen-bond donors (Lipinski definition) is 3. The van der Waals surface area contributed by atoms with Crippen LogP contribution < -0.4 is 20.2 Å². The minimum absolute atomic E-state index is 0.0166. The first kappa shape index (κ1) is 19.4. The highest BCUT2D eigenvalue weighted by molar-refractivity contribution is 6.39. The summed E-state index contributed by atoms with van der Waals surface area (Å²) < 4.78 is 10.2. The molecule has 140 valence electrons. The highest BCUT2D eigenvalue weighted by atomic mass is 16.5. The van der Waals surface area contributed by atoms with E-state index in [1.165, 1.54) is 32.4 Å². The van der Waals surface area contributed by atoms with Gasteiger partial charge in [0.05, 0.1) is 31.7 Å². The number of aromatic carboxylic acids is 1. The maximum absolute atomic E-state index is 12.0. The standard InChI is InChI=1S/C18H17N3O6/c1-26-12-7-8-14(15(9-12)27-2)20-16(22)17(23)21-19-10-11-5-3-4-6-13(11)18(24)25/h3-10H,1-2H3,(H,20,22)(H,21,23)(H,24,25)/b19-10-. The van der Waals surface area contributed by atoms with Crippen LogP contribution in [0.15, 0.2) is 47.6 Å². The Morgan fingerprint density at radius 2 is 1.78 bits per heavy atom. The molecule has 3 N–H and O–H groups in total. The van der Waals surface area contributed by atoms with Crippen LogP contribution in [0.1, 0.15) is 15.9 Å². The average Bonchev–Trinajstić information content (AvgIpc) is 2.68. The van der Waals surface area contributed by atoms with Crippen molar-refractivity contribution in [3.05, 3.63) is 53.6 Å². The molecule has 0 aliphatic rings. The molecule has 0 aliphatic heterocycles. The van der Waals surface area contributed by atoms with Crippen molar-refractivity contribution in [2.45, 2.75) is 0 Å². The van der Waals surface area contributed by atoms with Crippen molar-refractivity contribution in [3.8, 4) is 11.5 Å². The Kier molecular flexibility index (Phi) is 6.48. The zero-order valence-corrected chi connectivity index (χ0v) is 14.6. The summed E-state index contributed by atoms with van der Waals surface area (Å²) >= 11 is 0. The van der Waals surface area contributed by atoms with Gasteiger partial charge in [0.15, 0.2) is 0 Å². The van der Waals surface area contributed by atoms with E-state index in [9.17, 15) is 14.4 Å². The van der Waals surface area contributed by atoms with Gasteiger partial charge in [-0.05, 0) is 18.2 Å².